The highest BCUT2D eigenvalue weighted by molar-refractivity contribution is 6.02. The molecule has 5 aromatic rings. The second-order valence-corrected chi connectivity index (χ2v) is 10.7. The highest BCUT2D eigenvalue weighted by Gasteiger charge is 2.59. The lowest BCUT2D eigenvalue weighted by Gasteiger charge is -2.52. The van der Waals surface area contributed by atoms with Crippen LogP contribution in [0, 0.1) is 6.92 Å². The molecule has 2 aliphatic rings. The molecule has 2 aliphatic heterocycles. The molecule has 1 N–H and O–H groups in total. The summed E-state index contributed by atoms with van der Waals surface area (Å²) in [5.41, 5.74) is 3.10. The number of pyridine rings is 2. The first kappa shape index (κ1) is 25.3. The zero-order chi connectivity index (χ0) is 28.4. The van der Waals surface area contributed by atoms with Crippen LogP contribution in [-0.2, 0) is 0 Å². The summed E-state index contributed by atoms with van der Waals surface area (Å²) < 4.78 is 41.9. The fourth-order valence-corrected chi connectivity index (χ4v) is 5.88. The van der Waals surface area contributed by atoms with Crippen LogP contribution in [0.3, 0.4) is 0 Å². The van der Waals surface area contributed by atoms with Gasteiger partial charge in [-0.3, -0.25) is 4.90 Å². The number of likely N-dealkylation sites (tertiary alicyclic amines) is 1. The predicted molar refractivity (Wildman–Crippen MR) is 149 cm³/mol. The Labute approximate surface area is 233 Å². The predicted octanol–water partition coefficient (Wildman–Crippen LogP) is 4.45. The van der Waals surface area contributed by atoms with Crippen molar-refractivity contribution in [2.45, 2.75) is 24.8 Å². The lowest BCUT2D eigenvalue weighted by Crippen LogP contribution is -2.67. The summed E-state index contributed by atoms with van der Waals surface area (Å²) in [7, 11) is 3.30. The molecule has 1 spiro atoms. The van der Waals surface area contributed by atoms with Crippen LogP contribution in [0.2, 0.25) is 0 Å². The number of nitrogens with zero attached hydrogens (tertiary/aromatic N) is 8. The first-order chi connectivity index (χ1) is 19.7. The smallest absolute Gasteiger partial charge is 0.262 e. The van der Waals surface area contributed by atoms with Crippen molar-refractivity contribution >= 4 is 33.7 Å². The van der Waals surface area contributed by atoms with E-state index in [1.807, 2.05) is 42.2 Å². The van der Waals surface area contributed by atoms with Gasteiger partial charge in [-0.1, -0.05) is 0 Å². The molecule has 0 saturated carbocycles. The maximum Gasteiger partial charge on any atom is 0.262 e. The number of hydrogen-bond donors (Lipinski definition) is 1. The van der Waals surface area contributed by atoms with Crippen LogP contribution in [0.5, 0.6) is 17.4 Å². The van der Waals surface area contributed by atoms with Crippen LogP contribution in [0.25, 0.3) is 16.6 Å². The number of aryl methyl sites for hydroxylation is 1. The van der Waals surface area contributed by atoms with Gasteiger partial charge >= 0.3 is 0 Å². The molecule has 2 saturated heterocycles. The van der Waals surface area contributed by atoms with Crippen molar-refractivity contribution in [1.82, 2.24) is 34.4 Å². The standard InChI is InChI=1S/C28H27F2N9O2/c1-17-8-18(4-5-21(17)41-19-6-7-39-22(9-19)33-16-35-39)36-25-23-20(32-15-34-25)10-31-26(40-3)24(23)38-12-27(13-38)11-28(29,30)14-37(27)2/h4-10,15-16H,11-14H2,1-3H3,(H,32,34,36). The number of ether oxygens (including phenoxy) is 2. The molecule has 2 fully saturated rings. The molecule has 4 aromatic heterocycles. The largest absolute Gasteiger partial charge is 0.479 e. The van der Waals surface area contributed by atoms with E-state index >= 15 is 0 Å². The zero-order valence-corrected chi connectivity index (χ0v) is 22.7. The Kier molecular flexibility index (Phi) is 5.68. The molecule has 1 aromatic carbocycles. The summed E-state index contributed by atoms with van der Waals surface area (Å²) >= 11 is 0. The Bertz CT molecular complexity index is 1790. The van der Waals surface area contributed by atoms with Crippen molar-refractivity contribution in [3.63, 3.8) is 0 Å². The number of nitrogens with one attached hydrogen (secondary N) is 1. The van der Waals surface area contributed by atoms with Gasteiger partial charge in [0.05, 0.1) is 36.3 Å². The number of rotatable bonds is 6. The van der Waals surface area contributed by atoms with Crippen molar-refractivity contribution in [3.05, 3.63) is 60.9 Å². The van der Waals surface area contributed by atoms with Crippen molar-refractivity contribution in [3.8, 4) is 17.4 Å². The van der Waals surface area contributed by atoms with Crippen LogP contribution < -0.4 is 19.7 Å². The lowest BCUT2D eigenvalue weighted by molar-refractivity contribution is 0.0117. The molecule has 7 rings (SSSR count). The molecular formula is C28H27F2N9O2. The van der Waals surface area contributed by atoms with Crippen molar-refractivity contribution in [2.75, 3.05) is 44.0 Å². The maximum absolute atomic E-state index is 14.2. The van der Waals surface area contributed by atoms with Gasteiger partial charge in [-0.25, -0.2) is 33.2 Å². The average Bonchev–Trinajstić information content (AvgIpc) is 3.49. The number of aromatic nitrogens is 6. The molecule has 0 aliphatic carbocycles. The summed E-state index contributed by atoms with van der Waals surface area (Å²) in [5, 5.41) is 8.22. The minimum atomic E-state index is -2.70. The fraction of sp³-hybridized carbons (Fsp3) is 0.321. The second kappa shape index (κ2) is 9.20. The van der Waals surface area contributed by atoms with Crippen LogP contribution >= 0.6 is 0 Å². The van der Waals surface area contributed by atoms with Crippen LogP contribution in [0.15, 0.2) is 55.4 Å². The van der Waals surface area contributed by atoms with Crippen molar-refractivity contribution < 1.29 is 18.3 Å². The van der Waals surface area contributed by atoms with Gasteiger partial charge in [-0.15, -0.1) is 0 Å². The number of hydrogen-bond acceptors (Lipinski definition) is 10. The number of methoxy groups -OCH3 is 1. The van der Waals surface area contributed by atoms with E-state index in [4.69, 9.17) is 9.47 Å². The van der Waals surface area contributed by atoms with Crippen molar-refractivity contribution in [2.24, 2.45) is 0 Å². The molecule has 0 bridgehead atoms. The van der Waals surface area contributed by atoms with Crippen LogP contribution in [0.1, 0.15) is 12.0 Å². The first-order valence-electron chi connectivity index (χ1n) is 13.1. The summed E-state index contributed by atoms with van der Waals surface area (Å²) in [5.74, 6) is -0.404. The molecule has 41 heavy (non-hydrogen) atoms. The maximum atomic E-state index is 14.2. The highest BCUT2D eigenvalue weighted by Crippen LogP contribution is 2.49. The first-order valence-corrected chi connectivity index (χ1v) is 13.1. The number of alkyl halides is 2. The summed E-state index contributed by atoms with van der Waals surface area (Å²) in [4.78, 5) is 21.4. The summed E-state index contributed by atoms with van der Waals surface area (Å²) in [6.07, 6.45) is 6.21. The van der Waals surface area contributed by atoms with E-state index in [1.165, 1.54) is 12.7 Å². The molecule has 210 valence electrons. The minimum absolute atomic E-state index is 0.171. The second-order valence-electron chi connectivity index (χ2n) is 10.7. The lowest BCUT2D eigenvalue weighted by atomic mass is 9.85. The van der Waals surface area contributed by atoms with E-state index in [0.29, 0.717) is 58.5 Å². The van der Waals surface area contributed by atoms with Crippen LogP contribution in [0.4, 0.5) is 26.0 Å². The van der Waals surface area contributed by atoms with Gasteiger partial charge in [-0.05, 0) is 43.8 Å². The normalized spacial score (nSPS) is 17.7. The number of likely N-dealkylation sites (N-methyl/N-ethyl adjacent to an activating group) is 1. The Balaban J connectivity index is 1.19. The van der Waals surface area contributed by atoms with Gasteiger partial charge in [0.2, 0.25) is 5.88 Å². The van der Waals surface area contributed by atoms with Gasteiger partial charge in [0, 0.05) is 37.5 Å². The van der Waals surface area contributed by atoms with E-state index in [0.717, 1.165) is 11.3 Å². The Hall–Kier alpha value is -4.65. The molecule has 11 nitrogen and oxygen atoms in total. The monoisotopic (exact) mass is 559 g/mol. The van der Waals surface area contributed by atoms with Gasteiger partial charge in [0.1, 0.15) is 35.7 Å². The molecule has 13 heteroatoms. The van der Waals surface area contributed by atoms with Crippen molar-refractivity contribution in [1.29, 1.82) is 0 Å². The summed E-state index contributed by atoms with van der Waals surface area (Å²) in [6, 6.07) is 9.39. The highest BCUT2D eigenvalue weighted by atomic mass is 19.3. The van der Waals surface area contributed by atoms with Crippen LogP contribution in [-0.4, -0.2) is 79.7 Å². The molecule has 0 atom stereocenters. The molecular weight excluding hydrogens is 532 g/mol. The SMILES string of the molecule is COc1ncc2ncnc(Nc3ccc(Oc4ccn5ncnc5c4)c(C)c3)c2c1N1CC2(C1)CC(F)(F)CN2C. The number of fused-ring (bicyclic) bond motifs is 2. The topological polar surface area (TPSA) is 106 Å². The van der Waals surface area contributed by atoms with Gasteiger partial charge in [0.25, 0.3) is 5.92 Å². The quantitative estimate of drug-likeness (QED) is 0.321. The average molecular weight is 560 g/mol. The van der Waals surface area contributed by atoms with Gasteiger partial charge in [-0.2, -0.15) is 5.10 Å². The zero-order valence-electron chi connectivity index (χ0n) is 22.7. The van der Waals surface area contributed by atoms with E-state index in [1.54, 1.807) is 36.0 Å². The molecule has 0 unspecified atom stereocenters. The molecule has 0 radical (unpaired) electrons. The third-order valence-corrected chi connectivity index (χ3v) is 7.88. The number of benzene rings is 1. The number of anilines is 3. The minimum Gasteiger partial charge on any atom is -0.479 e. The third-order valence-electron chi connectivity index (χ3n) is 7.88. The van der Waals surface area contributed by atoms with Gasteiger partial charge in [0.15, 0.2) is 5.65 Å². The van der Waals surface area contributed by atoms with E-state index < -0.39 is 11.5 Å². The fourth-order valence-electron chi connectivity index (χ4n) is 5.88. The Morgan fingerprint density at radius 3 is 2.61 bits per heavy atom. The molecule has 0 amide bonds. The third kappa shape index (κ3) is 4.32. The van der Waals surface area contributed by atoms with E-state index in [2.05, 4.69) is 30.4 Å². The summed E-state index contributed by atoms with van der Waals surface area (Å²) in [6.45, 7) is 2.57. The Morgan fingerprint density at radius 2 is 1.85 bits per heavy atom. The van der Waals surface area contributed by atoms with E-state index in [9.17, 15) is 8.78 Å². The number of halogens is 2. The van der Waals surface area contributed by atoms with E-state index in [-0.39, 0.29) is 13.0 Å². The molecule has 6 heterocycles. The Morgan fingerprint density at radius 1 is 1.00 bits per heavy atom. The van der Waals surface area contributed by atoms with Gasteiger partial charge < -0.3 is 19.7 Å².